The molecule has 1 aromatic heterocycles. The first-order valence-electron chi connectivity index (χ1n) is 7.17. The Morgan fingerprint density at radius 3 is 2.54 bits per heavy atom. The number of aromatic nitrogens is 2. The van der Waals surface area contributed by atoms with Gasteiger partial charge in [-0.3, -0.25) is 20.2 Å². The number of amides is 1. The first-order chi connectivity index (χ1) is 11.4. The lowest BCUT2D eigenvalue weighted by Crippen LogP contribution is -2.12. The van der Waals surface area contributed by atoms with Crippen molar-refractivity contribution >= 4 is 34.3 Å². The summed E-state index contributed by atoms with van der Waals surface area (Å²) in [6.45, 7) is 0. The molecule has 0 spiro atoms. The highest BCUT2D eigenvalue weighted by Crippen LogP contribution is 2.21. The van der Waals surface area contributed by atoms with Crippen molar-refractivity contribution in [3.8, 4) is 0 Å². The second-order valence-electron chi connectivity index (χ2n) is 5.44. The van der Waals surface area contributed by atoms with E-state index in [1.165, 1.54) is 24.3 Å². The maximum absolute atomic E-state index is 12.2. The zero-order chi connectivity index (χ0) is 17.3. The number of hydrogen-bond donors (Lipinski definition) is 2. The van der Waals surface area contributed by atoms with E-state index in [9.17, 15) is 14.9 Å². The Bertz CT molecular complexity index is 915. The van der Waals surface area contributed by atoms with Crippen LogP contribution in [0.25, 0.3) is 11.0 Å². The molecular weight excluding hydrogens is 310 g/mol. The highest BCUT2D eigenvalue weighted by Gasteiger charge is 2.12. The smallest absolute Gasteiger partial charge is 0.269 e. The number of anilines is 2. The topological polar surface area (TPSA) is 104 Å². The number of imidazole rings is 1. The zero-order valence-corrected chi connectivity index (χ0v) is 13.1. The van der Waals surface area contributed by atoms with Crippen LogP contribution in [0.5, 0.6) is 0 Å². The maximum Gasteiger partial charge on any atom is 0.269 e. The summed E-state index contributed by atoms with van der Waals surface area (Å²) in [4.78, 5) is 31.6. The molecule has 0 radical (unpaired) electrons. The first-order valence-corrected chi connectivity index (χ1v) is 7.17. The predicted molar refractivity (Wildman–Crippen MR) is 91.5 cm³/mol. The molecule has 1 heterocycles. The molecule has 0 aliphatic carbocycles. The highest BCUT2D eigenvalue weighted by atomic mass is 16.6. The molecule has 3 aromatic rings. The van der Waals surface area contributed by atoms with Crippen molar-refractivity contribution in [1.29, 1.82) is 0 Å². The Kier molecular flexibility index (Phi) is 3.87. The van der Waals surface area contributed by atoms with Crippen molar-refractivity contribution in [3.63, 3.8) is 0 Å². The van der Waals surface area contributed by atoms with E-state index >= 15 is 0 Å². The summed E-state index contributed by atoms with van der Waals surface area (Å²) in [6, 6.07) is 11.1. The van der Waals surface area contributed by atoms with Crippen LogP contribution in [0.3, 0.4) is 0 Å². The SMILES string of the molecule is CN(C)c1ccc2nc(NC(=O)c3ccc([N+](=O)[O-])cc3)[nH]c2c1. The number of nitro benzene ring substituents is 1. The molecule has 2 aromatic carbocycles. The lowest BCUT2D eigenvalue weighted by Gasteiger charge is -2.11. The minimum absolute atomic E-state index is 0.0634. The van der Waals surface area contributed by atoms with Gasteiger partial charge in [0, 0.05) is 37.5 Å². The van der Waals surface area contributed by atoms with E-state index in [0.717, 1.165) is 16.7 Å². The number of aromatic amines is 1. The molecule has 1 amide bonds. The number of fused-ring (bicyclic) bond motifs is 1. The van der Waals surface area contributed by atoms with Gasteiger partial charge in [-0.15, -0.1) is 0 Å². The summed E-state index contributed by atoms with van der Waals surface area (Å²) in [5.74, 6) is -0.0685. The largest absolute Gasteiger partial charge is 0.378 e. The fourth-order valence-electron chi connectivity index (χ4n) is 2.25. The van der Waals surface area contributed by atoms with Crippen LogP contribution in [0, 0.1) is 10.1 Å². The van der Waals surface area contributed by atoms with Gasteiger partial charge in [-0.2, -0.15) is 0 Å². The molecule has 0 unspecified atom stereocenters. The third kappa shape index (κ3) is 3.02. The Balaban J connectivity index is 1.81. The molecule has 0 fully saturated rings. The average Bonchev–Trinajstić information content (AvgIpc) is 2.96. The van der Waals surface area contributed by atoms with Gasteiger partial charge in [0.15, 0.2) is 0 Å². The van der Waals surface area contributed by atoms with Crippen molar-refractivity contribution in [2.75, 3.05) is 24.3 Å². The molecule has 122 valence electrons. The van der Waals surface area contributed by atoms with E-state index < -0.39 is 10.8 Å². The van der Waals surface area contributed by atoms with E-state index in [1.54, 1.807) is 0 Å². The fourth-order valence-corrected chi connectivity index (χ4v) is 2.25. The number of non-ortho nitro benzene ring substituents is 1. The number of hydrogen-bond acceptors (Lipinski definition) is 5. The Morgan fingerprint density at radius 1 is 1.21 bits per heavy atom. The van der Waals surface area contributed by atoms with Crippen molar-refractivity contribution in [2.45, 2.75) is 0 Å². The lowest BCUT2D eigenvalue weighted by atomic mass is 10.2. The Morgan fingerprint density at radius 2 is 1.92 bits per heavy atom. The highest BCUT2D eigenvalue weighted by molar-refractivity contribution is 6.04. The third-order valence-corrected chi connectivity index (χ3v) is 3.55. The van der Waals surface area contributed by atoms with Crippen LogP contribution in [0.4, 0.5) is 17.3 Å². The number of rotatable bonds is 4. The lowest BCUT2D eigenvalue weighted by molar-refractivity contribution is -0.384. The molecule has 2 N–H and O–H groups in total. The molecule has 0 saturated heterocycles. The van der Waals surface area contributed by atoms with E-state index in [2.05, 4.69) is 15.3 Å². The average molecular weight is 325 g/mol. The zero-order valence-electron chi connectivity index (χ0n) is 13.1. The second kappa shape index (κ2) is 5.99. The third-order valence-electron chi connectivity index (χ3n) is 3.55. The molecule has 0 aliphatic rings. The predicted octanol–water partition coefficient (Wildman–Crippen LogP) is 2.79. The Labute approximate surface area is 137 Å². The van der Waals surface area contributed by atoms with Gasteiger partial charge in [0.2, 0.25) is 5.95 Å². The van der Waals surface area contributed by atoms with Crippen molar-refractivity contribution < 1.29 is 9.72 Å². The van der Waals surface area contributed by atoms with Gasteiger partial charge >= 0.3 is 0 Å². The normalized spacial score (nSPS) is 10.6. The number of carbonyl (C=O) groups is 1. The van der Waals surface area contributed by atoms with Crippen LogP contribution in [0.2, 0.25) is 0 Å². The van der Waals surface area contributed by atoms with Gasteiger partial charge in [-0.1, -0.05) is 0 Å². The first kappa shape index (κ1) is 15.5. The second-order valence-corrected chi connectivity index (χ2v) is 5.44. The number of nitrogens with zero attached hydrogens (tertiary/aromatic N) is 3. The van der Waals surface area contributed by atoms with Crippen LogP contribution >= 0.6 is 0 Å². The Hall–Kier alpha value is -3.42. The molecule has 0 saturated carbocycles. The molecule has 0 atom stereocenters. The number of H-pyrrole nitrogens is 1. The van der Waals surface area contributed by atoms with Crippen LogP contribution in [-0.4, -0.2) is 34.9 Å². The number of nitrogens with one attached hydrogen (secondary N) is 2. The van der Waals surface area contributed by atoms with E-state index in [-0.39, 0.29) is 5.69 Å². The summed E-state index contributed by atoms with van der Waals surface area (Å²) < 4.78 is 0. The van der Waals surface area contributed by atoms with Crippen molar-refractivity contribution in [2.24, 2.45) is 0 Å². The van der Waals surface area contributed by atoms with Gasteiger partial charge < -0.3 is 9.88 Å². The fraction of sp³-hybridized carbons (Fsp3) is 0.125. The van der Waals surface area contributed by atoms with Gasteiger partial charge in [0.1, 0.15) is 0 Å². The molecule has 8 nitrogen and oxygen atoms in total. The maximum atomic E-state index is 12.2. The molecule has 0 bridgehead atoms. The van der Waals surface area contributed by atoms with Crippen LogP contribution in [-0.2, 0) is 0 Å². The minimum atomic E-state index is -0.511. The summed E-state index contributed by atoms with van der Waals surface area (Å²) in [6.07, 6.45) is 0. The summed E-state index contributed by atoms with van der Waals surface area (Å²) >= 11 is 0. The quantitative estimate of drug-likeness (QED) is 0.567. The molecule has 3 rings (SSSR count). The van der Waals surface area contributed by atoms with Gasteiger partial charge in [0.05, 0.1) is 16.0 Å². The molecule has 8 heteroatoms. The van der Waals surface area contributed by atoms with Crippen LogP contribution in [0.1, 0.15) is 10.4 Å². The molecular formula is C16H15N5O3. The van der Waals surface area contributed by atoms with Crippen LogP contribution in [0.15, 0.2) is 42.5 Å². The van der Waals surface area contributed by atoms with Gasteiger partial charge in [-0.25, -0.2) is 4.98 Å². The summed E-state index contributed by atoms with van der Waals surface area (Å²) in [5, 5.41) is 13.3. The number of benzene rings is 2. The van der Waals surface area contributed by atoms with Gasteiger partial charge in [-0.05, 0) is 30.3 Å². The minimum Gasteiger partial charge on any atom is -0.378 e. The van der Waals surface area contributed by atoms with Crippen molar-refractivity contribution in [3.05, 3.63) is 58.1 Å². The standard InChI is InChI=1S/C16H15N5O3/c1-20(2)12-7-8-13-14(9-12)18-16(17-13)19-15(22)10-3-5-11(6-4-10)21(23)24/h3-9H,1-2H3,(H2,17,18,19,22). The van der Waals surface area contributed by atoms with E-state index in [0.29, 0.717) is 11.5 Å². The summed E-state index contributed by atoms with van der Waals surface area (Å²) in [5.41, 5.74) is 2.81. The van der Waals surface area contributed by atoms with E-state index in [1.807, 2.05) is 37.2 Å². The monoisotopic (exact) mass is 325 g/mol. The van der Waals surface area contributed by atoms with Crippen molar-refractivity contribution in [1.82, 2.24) is 9.97 Å². The molecule has 0 aliphatic heterocycles. The number of nitro groups is 1. The van der Waals surface area contributed by atoms with Gasteiger partial charge in [0.25, 0.3) is 11.6 Å². The molecule has 24 heavy (non-hydrogen) atoms. The summed E-state index contributed by atoms with van der Waals surface area (Å²) in [7, 11) is 3.88. The van der Waals surface area contributed by atoms with E-state index in [4.69, 9.17) is 0 Å². The number of carbonyl (C=O) groups excluding carboxylic acids is 1. The van der Waals surface area contributed by atoms with Crippen LogP contribution < -0.4 is 10.2 Å².